The molecular weight excluding hydrogens is 705 g/mol. The second kappa shape index (κ2) is 18.8. The van der Waals surface area contributed by atoms with Crippen LogP contribution in [0.5, 0.6) is 0 Å². The lowest BCUT2D eigenvalue weighted by atomic mass is 9.96. The first-order valence-corrected chi connectivity index (χ1v) is 19.9. The number of nitrogens with zero attached hydrogens (tertiary/aromatic N) is 7. The number of carbonyl (C=O) groups is 4. The summed E-state index contributed by atoms with van der Waals surface area (Å²) in [6, 6.07) is 19.6. The number of benzene rings is 4. The van der Waals surface area contributed by atoms with Crippen LogP contribution in [0.1, 0.15) is 43.1 Å². The average molecular weight is 763 g/mol. The van der Waals surface area contributed by atoms with Crippen LogP contribution in [0, 0.1) is 6.92 Å². The fourth-order valence-electron chi connectivity index (χ4n) is 7.99. The number of rotatable bonds is 16. The second-order valence-corrected chi connectivity index (χ2v) is 15.5. The number of carbonyl (C=O) groups excluding carboxylic acids is 4. The number of fused-ring (bicyclic) bond motifs is 2. The molecule has 0 unspecified atom stereocenters. The third kappa shape index (κ3) is 9.21. The molecule has 2 aliphatic rings. The molecule has 0 bridgehead atoms. The standard InChI is InChI=1S/C44H58N8O4/c1-33-9-6-11-35-39(50-26-21-47(3)22-27-50)15-13-37(41(33)35)44(56)52(32-54)30-25-46(2)19-8-17-45-18-20-49(5)43(55)38-14-16-40(51-28-23-48(4)24-29-51)36-12-7-10-34(31-53)42(36)38/h6-7,9-16,31-32,45H,8,17-30H2,1-5H3. The van der Waals surface area contributed by atoms with Gasteiger partial charge in [0.25, 0.3) is 11.8 Å². The summed E-state index contributed by atoms with van der Waals surface area (Å²) in [6.45, 7) is 13.1. The minimum absolute atomic E-state index is 0.112. The predicted octanol–water partition coefficient (Wildman–Crippen LogP) is 3.90. The van der Waals surface area contributed by atoms with E-state index in [2.05, 4.69) is 50.0 Å². The third-order valence-electron chi connectivity index (χ3n) is 11.5. The normalized spacial score (nSPS) is 15.5. The van der Waals surface area contributed by atoms with Crippen LogP contribution in [0.3, 0.4) is 0 Å². The number of likely N-dealkylation sites (N-methyl/N-ethyl adjacent to an activating group) is 4. The minimum Gasteiger partial charge on any atom is -0.368 e. The number of imide groups is 1. The van der Waals surface area contributed by atoms with Gasteiger partial charge in [0.2, 0.25) is 6.41 Å². The zero-order valence-electron chi connectivity index (χ0n) is 33.8. The third-order valence-corrected chi connectivity index (χ3v) is 11.5. The molecule has 4 aromatic rings. The molecule has 298 valence electrons. The summed E-state index contributed by atoms with van der Waals surface area (Å²) in [5, 5.41) is 7.04. The van der Waals surface area contributed by atoms with Crippen molar-refractivity contribution in [2.45, 2.75) is 13.3 Å². The van der Waals surface area contributed by atoms with Crippen LogP contribution >= 0.6 is 0 Å². The van der Waals surface area contributed by atoms with Gasteiger partial charge in [-0.3, -0.25) is 24.1 Å². The summed E-state index contributed by atoms with van der Waals surface area (Å²) in [5.74, 6) is -0.390. The number of hydrogen-bond acceptors (Lipinski definition) is 10. The highest BCUT2D eigenvalue weighted by Gasteiger charge is 2.24. The topological polar surface area (TPSA) is 103 Å². The average Bonchev–Trinajstić information content (AvgIpc) is 3.21. The fourth-order valence-corrected chi connectivity index (χ4v) is 7.99. The van der Waals surface area contributed by atoms with Crippen molar-refractivity contribution in [2.24, 2.45) is 0 Å². The Morgan fingerprint density at radius 3 is 1.82 bits per heavy atom. The Hall–Kier alpha value is -4.88. The van der Waals surface area contributed by atoms with E-state index in [4.69, 9.17) is 0 Å². The van der Waals surface area contributed by atoms with Gasteiger partial charge in [-0.2, -0.15) is 0 Å². The number of aldehydes is 1. The smallest absolute Gasteiger partial charge is 0.260 e. The maximum atomic E-state index is 13.8. The van der Waals surface area contributed by atoms with Gasteiger partial charge < -0.3 is 34.7 Å². The molecule has 0 aromatic heterocycles. The molecule has 2 saturated heterocycles. The van der Waals surface area contributed by atoms with Gasteiger partial charge in [0.05, 0.1) is 0 Å². The van der Waals surface area contributed by atoms with E-state index in [1.165, 1.54) is 4.90 Å². The monoisotopic (exact) mass is 762 g/mol. The summed E-state index contributed by atoms with van der Waals surface area (Å²) >= 11 is 0. The number of anilines is 2. The molecule has 1 N–H and O–H groups in total. The van der Waals surface area contributed by atoms with E-state index < -0.39 is 0 Å². The molecule has 0 spiro atoms. The zero-order valence-corrected chi connectivity index (χ0v) is 33.8. The van der Waals surface area contributed by atoms with Crippen LogP contribution in [0.4, 0.5) is 11.4 Å². The van der Waals surface area contributed by atoms with Crippen LogP contribution in [0.2, 0.25) is 0 Å². The molecule has 6 rings (SSSR count). The predicted molar refractivity (Wildman–Crippen MR) is 226 cm³/mol. The summed E-state index contributed by atoms with van der Waals surface area (Å²) in [5.41, 5.74) is 4.83. The molecule has 4 aromatic carbocycles. The van der Waals surface area contributed by atoms with Gasteiger partial charge >= 0.3 is 0 Å². The molecule has 0 saturated carbocycles. The van der Waals surface area contributed by atoms with Gasteiger partial charge in [0, 0.05) is 130 Å². The maximum Gasteiger partial charge on any atom is 0.260 e. The summed E-state index contributed by atoms with van der Waals surface area (Å²) in [7, 11) is 8.06. The van der Waals surface area contributed by atoms with Gasteiger partial charge in [-0.1, -0.05) is 36.4 Å². The van der Waals surface area contributed by atoms with E-state index in [1.54, 1.807) is 18.0 Å². The van der Waals surface area contributed by atoms with Crippen molar-refractivity contribution in [3.05, 3.63) is 82.9 Å². The van der Waals surface area contributed by atoms with Crippen LogP contribution in [0.25, 0.3) is 21.5 Å². The Labute approximate surface area is 331 Å². The molecule has 2 fully saturated rings. The largest absolute Gasteiger partial charge is 0.368 e. The van der Waals surface area contributed by atoms with Gasteiger partial charge in [0.1, 0.15) is 0 Å². The number of aryl methyl sites for hydroxylation is 1. The zero-order chi connectivity index (χ0) is 39.8. The second-order valence-electron chi connectivity index (χ2n) is 15.5. The number of piperazine rings is 2. The minimum atomic E-state index is -0.278. The first kappa shape index (κ1) is 40.8. The maximum absolute atomic E-state index is 13.8. The molecule has 2 heterocycles. The van der Waals surface area contributed by atoms with Gasteiger partial charge in [-0.25, -0.2) is 0 Å². The lowest BCUT2D eigenvalue weighted by molar-refractivity contribution is -0.116. The molecule has 0 aliphatic carbocycles. The summed E-state index contributed by atoms with van der Waals surface area (Å²) < 4.78 is 0. The van der Waals surface area contributed by atoms with E-state index in [0.29, 0.717) is 54.7 Å². The highest BCUT2D eigenvalue weighted by molar-refractivity contribution is 6.15. The number of hydrogen-bond donors (Lipinski definition) is 1. The van der Waals surface area contributed by atoms with Crippen LogP contribution < -0.4 is 15.1 Å². The van der Waals surface area contributed by atoms with E-state index in [-0.39, 0.29) is 11.8 Å². The van der Waals surface area contributed by atoms with Gasteiger partial charge in [-0.05, 0) is 82.8 Å². The molecule has 56 heavy (non-hydrogen) atoms. The van der Waals surface area contributed by atoms with E-state index in [1.807, 2.05) is 62.5 Å². The summed E-state index contributed by atoms with van der Waals surface area (Å²) in [6.07, 6.45) is 2.36. The van der Waals surface area contributed by atoms with Crippen LogP contribution in [0.15, 0.2) is 60.7 Å². The highest BCUT2D eigenvalue weighted by Crippen LogP contribution is 2.34. The van der Waals surface area contributed by atoms with Crippen molar-refractivity contribution in [1.82, 2.24) is 29.8 Å². The number of amides is 3. The molecule has 12 nitrogen and oxygen atoms in total. The Morgan fingerprint density at radius 2 is 1.23 bits per heavy atom. The lowest BCUT2D eigenvalue weighted by Gasteiger charge is -2.35. The first-order valence-electron chi connectivity index (χ1n) is 19.9. The quantitative estimate of drug-likeness (QED) is 0.134. The first-order chi connectivity index (χ1) is 27.1. The Balaban J connectivity index is 0.975. The lowest BCUT2D eigenvalue weighted by Crippen LogP contribution is -2.44. The highest BCUT2D eigenvalue weighted by atomic mass is 16.2. The fraction of sp³-hybridized carbons (Fsp3) is 0.455. The van der Waals surface area contributed by atoms with Gasteiger partial charge in [0.15, 0.2) is 6.29 Å². The molecule has 12 heteroatoms. The molecule has 0 atom stereocenters. The van der Waals surface area contributed by atoms with Gasteiger partial charge in [-0.15, -0.1) is 0 Å². The molecular formula is C44H58N8O4. The van der Waals surface area contributed by atoms with E-state index in [0.717, 1.165) is 111 Å². The molecule has 3 amide bonds. The SMILES string of the molecule is Cc1cccc2c(N3CCN(C)CC3)ccc(C(=O)N(C=O)CCN(C)CCCNCCN(C)C(=O)c3ccc(N4CCN(C)CC4)c4cccc(C=O)c34)c12. The Bertz CT molecular complexity index is 2020. The molecule has 0 radical (unpaired) electrons. The van der Waals surface area contributed by atoms with Crippen molar-refractivity contribution >= 4 is 57.4 Å². The van der Waals surface area contributed by atoms with E-state index in [9.17, 15) is 19.2 Å². The van der Waals surface area contributed by atoms with Crippen molar-refractivity contribution in [3.8, 4) is 0 Å². The van der Waals surface area contributed by atoms with Crippen molar-refractivity contribution in [2.75, 3.05) is 130 Å². The Kier molecular flexibility index (Phi) is 13.7. The van der Waals surface area contributed by atoms with Crippen LogP contribution in [-0.2, 0) is 4.79 Å². The van der Waals surface area contributed by atoms with Crippen LogP contribution in [-0.4, -0.2) is 169 Å². The van der Waals surface area contributed by atoms with Crippen molar-refractivity contribution < 1.29 is 19.2 Å². The van der Waals surface area contributed by atoms with Crippen molar-refractivity contribution in [3.63, 3.8) is 0 Å². The summed E-state index contributed by atoms with van der Waals surface area (Å²) in [4.78, 5) is 66.4. The molecule has 2 aliphatic heterocycles. The Morgan fingerprint density at radius 1 is 0.661 bits per heavy atom. The van der Waals surface area contributed by atoms with E-state index >= 15 is 0 Å². The number of nitrogens with one attached hydrogen (secondary N) is 1. The van der Waals surface area contributed by atoms with Crippen molar-refractivity contribution in [1.29, 1.82) is 0 Å².